The molecular weight excluding hydrogens is 187 g/mol. The van der Waals surface area contributed by atoms with Crippen LogP contribution in [0.5, 0.6) is 0 Å². The van der Waals surface area contributed by atoms with Crippen molar-refractivity contribution in [3.8, 4) is 0 Å². The first-order valence-corrected chi connectivity index (χ1v) is 4.02. The number of rotatable bonds is 1. The van der Waals surface area contributed by atoms with Crippen LogP contribution in [0.2, 0.25) is 0 Å². The topological polar surface area (TPSA) is 58.9 Å². The van der Waals surface area contributed by atoms with Gasteiger partial charge in [-0.25, -0.2) is 0 Å². The summed E-state index contributed by atoms with van der Waals surface area (Å²) in [6.45, 7) is 1.77. The minimum atomic E-state index is -0.804. The Hall–Kier alpha value is -1.91. The predicted octanol–water partition coefficient (Wildman–Crippen LogP) is 2.52. The quantitative estimate of drug-likeness (QED) is 0.560. The number of aryl methyl sites for hydroxylation is 1. The van der Waals surface area contributed by atoms with E-state index >= 15 is 0 Å². The van der Waals surface area contributed by atoms with E-state index in [1.54, 1.807) is 13.0 Å². The molecule has 0 radical (unpaired) electrons. The van der Waals surface area contributed by atoms with Crippen molar-refractivity contribution in [2.24, 2.45) is 0 Å². The Morgan fingerprint density at radius 2 is 2.21 bits per heavy atom. The molecular formula is C9H7FN2O2. The monoisotopic (exact) mass is 194 g/mol. The van der Waals surface area contributed by atoms with E-state index in [-0.39, 0.29) is 0 Å². The first-order valence-electron chi connectivity index (χ1n) is 4.02. The van der Waals surface area contributed by atoms with Crippen molar-refractivity contribution < 1.29 is 9.31 Å². The minimum Gasteiger partial charge on any atom is -0.358 e. The second-order valence-electron chi connectivity index (χ2n) is 3.07. The van der Waals surface area contributed by atoms with Gasteiger partial charge in [-0.1, -0.05) is 0 Å². The first-order chi connectivity index (χ1) is 6.59. The number of nitrogens with one attached hydrogen (secondary N) is 1. The summed E-state index contributed by atoms with van der Waals surface area (Å²) < 4.78 is 13.1. The number of hydrogen-bond donors (Lipinski definition) is 1. The van der Waals surface area contributed by atoms with Gasteiger partial charge in [-0.2, -0.15) is 4.39 Å². The summed E-state index contributed by atoms with van der Waals surface area (Å²) >= 11 is 0. The van der Waals surface area contributed by atoms with Gasteiger partial charge in [0.25, 0.3) is 0 Å². The number of hydrogen-bond acceptors (Lipinski definition) is 2. The summed E-state index contributed by atoms with van der Waals surface area (Å²) in [6.07, 6.45) is 0. The summed E-state index contributed by atoms with van der Waals surface area (Å²) in [6, 6.07) is 4.15. The molecule has 0 amide bonds. The number of benzene rings is 1. The van der Waals surface area contributed by atoms with Gasteiger partial charge in [0.1, 0.15) is 0 Å². The third-order valence-electron chi connectivity index (χ3n) is 2.04. The van der Waals surface area contributed by atoms with Crippen molar-refractivity contribution in [1.29, 1.82) is 0 Å². The van der Waals surface area contributed by atoms with Crippen molar-refractivity contribution in [3.05, 3.63) is 39.8 Å². The van der Waals surface area contributed by atoms with Crippen LogP contribution in [0.15, 0.2) is 18.2 Å². The highest BCUT2D eigenvalue weighted by molar-refractivity contribution is 5.89. The lowest BCUT2D eigenvalue weighted by Crippen LogP contribution is -1.92. The van der Waals surface area contributed by atoms with E-state index in [0.717, 1.165) is 11.8 Å². The highest BCUT2D eigenvalue weighted by atomic mass is 19.1. The summed E-state index contributed by atoms with van der Waals surface area (Å²) in [5.41, 5.74) is 0.885. The van der Waals surface area contributed by atoms with Gasteiger partial charge in [0.2, 0.25) is 5.82 Å². The fraction of sp³-hybridized carbons (Fsp3) is 0.111. The second-order valence-corrected chi connectivity index (χ2v) is 3.07. The molecule has 0 fully saturated rings. The largest absolute Gasteiger partial charge is 0.358 e. The summed E-state index contributed by atoms with van der Waals surface area (Å²) in [5.74, 6) is -0.804. The maximum atomic E-state index is 13.1. The van der Waals surface area contributed by atoms with E-state index in [2.05, 4.69) is 4.98 Å². The van der Waals surface area contributed by atoms with Crippen LogP contribution in [0.1, 0.15) is 5.69 Å². The number of aromatic amines is 1. The summed E-state index contributed by atoms with van der Waals surface area (Å²) in [5, 5.41) is 10.9. The molecule has 1 heterocycles. The molecule has 2 rings (SSSR count). The summed E-state index contributed by atoms with van der Waals surface area (Å²) in [7, 11) is 0. The van der Waals surface area contributed by atoms with Crippen molar-refractivity contribution in [2.45, 2.75) is 6.92 Å². The van der Waals surface area contributed by atoms with Gasteiger partial charge in [0.05, 0.1) is 15.8 Å². The van der Waals surface area contributed by atoms with Crippen LogP contribution in [-0.4, -0.2) is 9.91 Å². The normalized spacial score (nSPS) is 10.7. The van der Waals surface area contributed by atoms with Crippen LogP contribution in [0.3, 0.4) is 0 Å². The number of nitrogens with zero attached hydrogens (tertiary/aromatic N) is 1. The molecule has 0 aliphatic carbocycles. The molecule has 5 heteroatoms. The molecule has 0 aliphatic heterocycles. The van der Waals surface area contributed by atoms with Gasteiger partial charge in [0, 0.05) is 5.69 Å². The molecule has 0 unspecified atom stereocenters. The Bertz CT molecular complexity index is 519. The maximum Gasteiger partial charge on any atom is 0.314 e. The van der Waals surface area contributed by atoms with Gasteiger partial charge in [-0.05, 0) is 25.1 Å². The Labute approximate surface area is 78.5 Å². The second kappa shape index (κ2) is 2.80. The molecule has 0 bridgehead atoms. The van der Waals surface area contributed by atoms with Crippen LogP contribution >= 0.6 is 0 Å². The van der Waals surface area contributed by atoms with Gasteiger partial charge in [-0.15, -0.1) is 0 Å². The number of fused-ring (bicyclic) bond motifs is 1. The van der Waals surface area contributed by atoms with E-state index in [1.807, 2.05) is 0 Å². The van der Waals surface area contributed by atoms with Crippen molar-refractivity contribution >= 4 is 16.6 Å². The van der Waals surface area contributed by atoms with E-state index in [4.69, 9.17) is 0 Å². The zero-order chi connectivity index (χ0) is 10.3. The van der Waals surface area contributed by atoms with Gasteiger partial charge >= 0.3 is 5.69 Å². The lowest BCUT2D eigenvalue weighted by molar-refractivity contribution is -0.385. The molecule has 0 atom stereocenters. The number of nitro benzene ring substituents is 1. The Kier molecular flexibility index (Phi) is 1.73. The molecule has 72 valence electrons. The van der Waals surface area contributed by atoms with Gasteiger partial charge < -0.3 is 4.98 Å². The molecule has 1 aromatic heterocycles. The van der Waals surface area contributed by atoms with Crippen LogP contribution in [0.25, 0.3) is 10.9 Å². The maximum absolute atomic E-state index is 13.1. The Morgan fingerprint density at radius 3 is 2.86 bits per heavy atom. The van der Waals surface area contributed by atoms with Crippen molar-refractivity contribution in [2.75, 3.05) is 0 Å². The lowest BCUT2D eigenvalue weighted by atomic mass is 10.2. The SMILES string of the molecule is Cc1cc2c([N+](=O)[O-])c(F)ccc2[nH]1. The molecule has 14 heavy (non-hydrogen) atoms. The molecule has 2 aromatic rings. The van der Waals surface area contributed by atoms with Crippen LogP contribution in [0.4, 0.5) is 10.1 Å². The van der Waals surface area contributed by atoms with E-state index < -0.39 is 16.4 Å². The van der Waals surface area contributed by atoms with Crippen molar-refractivity contribution in [3.63, 3.8) is 0 Å². The highest BCUT2D eigenvalue weighted by Gasteiger charge is 2.19. The first kappa shape index (κ1) is 8.68. The average molecular weight is 194 g/mol. The zero-order valence-electron chi connectivity index (χ0n) is 7.37. The van der Waals surface area contributed by atoms with Crippen LogP contribution in [-0.2, 0) is 0 Å². The van der Waals surface area contributed by atoms with Gasteiger partial charge in [0.15, 0.2) is 0 Å². The molecule has 0 spiro atoms. The number of aromatic nitrogens is 1. The number of nitro groups is 1. The molecule has 4 nitrogen and oxygen atoms in total. The Balaban J connectivity index is 2.88. The summed E-state index contributed by atoms with van der Waals surface area (Å²) in [4.78, 5) is 12.8. The highest BCUT2D eigenvalue weighted by Crippen LogP contribution is 2.28. The molecule has 1 N–H and O–H groups in total. The lowest BCUT2D eigenvalue weighted by Gasteiger charge is -1.94. The average Bonchev–Trinajstić information content (AvgIpc) is 2.43. The zero-order valence-corrected chi connectivity index (χ0v) is 7.37. The Morgan fingerprint density at radius 1 is 1.50 bits per heavy atom. The fourth-order valence-electron chi connectivity index (χ4n) is 1.49. The van der Waals surface area contributed by atoms with Crippen molar-refractivity contribution in [1.82, 2.24) is 4.98 Å². The molecule has 1 aromatic carbocycles. The van der Waals surface area contributed by atoms with E-state index in [9.17, 15) is 14.5 Å². The third kappa shape index (κ3) is 1.14. The number of halogens is 1. The van der Waals surface area contributed by atoms with Crippen LogP contribution in [0, 0.1) is 22.9 Å². The van der Waals surface area contributed by atoms with E-state index in [1.165, 1.54) is 6.07 Å². The smallest absolute Gasteiger partial charge is 0.314 e. The van der Waals surface area contributed by atoms with E-state index in [0.29, 0.717) is 10.9 Å². The third-order valence-corrected chi connectivity index (χ3v) is 2.04. The number of H-pyrrole nitrogens is 1. The predicted molar refractivity (Wildman–Crippen MR) is 49.6 cm³/mol. The fourth-order valence-corrected chi connectivity index (χ4v) is 1.49. The minimum absolute atomic E-state index is 0.313. The van der Waals surface area contributed by atoms with Gasteiger partial charge in [-0.3, -0.25) is 10.1 Å². The standard InChI is InChI=1S/C9H7FN2O2/c1-5-4-6-8(11-5)3-2-7(10)9(6)12(13)14/h2-4,11H,1H3. The molecule has 0 saturated carbocycles. The molecule has 0 saturated heterocycles. The molecule has 0 aliphatic rings. The van der Waals surface area contributed by atoms with Crippen LogP contribution < -0.4 is 0 Å².